The van der Waals surface area contributed by atoms with Gasteiger partial charge in [0.2, 0.25) is 0 Å². The molecule has 0 aliphatic heterocycles. The smallest absolute Gasteiger partial charge is 0.258 e. The Bertz CT molecular complexity index is 1880. The van der Waals surface area contributed by atoms with Gasteiger partial charge in [-0.3, -0.25) is 20.2 Å². The second-order valence-corrected chi connectivity index (χ2v) is 9.87. The maximum Gasteiger partial charge on any atom is 0.269 e. The number of non-ortho nitro benzene ring substituents is 2. The predicted molar refractivity (Wildman–Crippen MR) is 171 cm³/mol. The maximum absolute atomic E-state index is 11.1. The third kappa shape index (κ3) is 5.29. The molecule has 6 rings (SSSR count). The quantitative estimate of drug-likeness (QED) is 0.113. The third-order valence-corrected chi connectivity index (χ3v) is 7.29. The van der Waals surface area contributed by atoms with Crippen LogP contribution in [0.25, 0.3) is 57.0 Å². The van der Waals surface area contributed by atoms with Gasteiger partial charge < -0.3 is 0 Å². The first-order chi connectivity index (χ1) is 20.5. The SMILES string of the molecule is O=[N+]([O-])c1ccc(/C=C\c2ccc3ccccc3c2-c2c(/C=C\c3ccc([N+](=O)[O-])cc3)ccc3ccccc23)cc1. The van der Waals surface area contributed by atoms with Gasteiger partial charge in [-0.25, -0.2) is 0 Å². The highest BCUT2D eigenvalue weighted by molar-refractivity contribution is 6.11. The molecule has 0 fully saturated rings. The van der Waals surface area contributed by atoms with Gasteiger partial charge in [0.25, 0.3) is 11.4 Å². The van der Waals surface area contributed by atoms with Crippen molar-refractivity contribution in [2.75, 3.05) is 0 Å². The zero-order chi connectivity index (χ0) is 29.1. The fourth-order valence-corrected chi connectivity index (χ4v) is 5.20. The Morgan fingerprint density at radius 1 is 0.429 bits per heavy atom. The first-order valence-corrected chi connectivity index (χ1v) is 13.4. The van der Waals surface area contributed by atoms with Crippen molar-refractivity contribution in [2.45, 2.75) is 0 Å². The van der Waals surface area contributed by atoms with Crippen LogP contribution in [0, 0.1) is 20.2 Å². The van der Waals surface area contributed by atoms with Crippen LogP contribution in [0.3, 0.4) is 0 Å². The summed E-state index contributed by atoms with van der Waals surface area (Å²) in [7, 11) is 0. The van der Waals surface area contributed by atoms with E-state index in [4.69, 9.17) is 0 Å². The molecule has 0 radical (unpaired) electrons. The summed E-state index contributed by atoms with van der Waals surface area (Å²) >= 11 is 0. The predicted octanol–water partition coefficient (Wildman–Crippen LogP) is 9.82. The monoisotopic (exact) mass is 548 g/mol. The molecule has 0 heterocycles. The van der Waals surface area contributed by atoms with Crippen LogP contribution in [0.1, 0.15) is 22.3 Å². The Morgan fingerprint density at radius 2 is 0.810 bits per heavy atom. The van der Waals surface area contributed by atoms with Crippen molar-refractivity contribution in [3.63, 3.8) is 0 Å². The van der Waals surface area contributed by atoms with E-state index in [2.05, 4.69) is 60.7 Å². The van der Waals surface area contributed by atoms with Gasteiger partial charge in [-0.2, -0.15) is 0 Å². The lowest BCUT2D eigenvalue weighted by Crippen LogP contribution is -1.92. The van der Waals surface area contributed by atoms with Crippen LogP contribution in [0.5, 0.6) is 0 Å². The summed E-state index contributed by atoms with van der Waals surface area (Å²) in [5.74, 6) is 0. The average Bonchev–Trinajstić information content (AvgIpc) is 3.02. The molecule has 0 amide bonds. The second kappa shape index (κ2) is 11.3. The number of benzene rings is 6. The van der Waals surface area contributed by atoms with Crippen molar-refractivity contribution >= 4 is 57.2 Å². The summed E-state index contributed by atoms with van der Waals surface area (Å²) in [6.45, 7) is 0. The van der Waals surface area contributed by atoms with Crippen LogP contribution in [0.15, 0.2) is 121 Å². The molecule has 0 saturated carbocycles. The minimum atomic E-state index is -0.402. The van der Waals surface area contributed by atoms with Gasteiger partial charge >= 0.3 is 0 Å². The topological polar surface area (TPSA) is 86.3 Å². The van der Waals surface area contributed by atoms with Crippen LogP contribution < -0.4 is 0 Å². The molecule has 0 N–H and O–H groups in total. The lowest BCUT2D eigenvalue weighted by Gasteiger charge is -2.17. The molecule has 0 aliphatic carbocycles. The molecule has 42 heavy (non-hydrogen) atoms. The fourth-order valence-electron chi connectivity index (χ4n) is 5.20. The van der Waals surface area contributed by atoms with Gasteiger partial charge in [0.15, 0.2) is 0 Å². The van der Waals surface area contributed by atoms with Crippen LogP contribution in [0.2, 0.25) is 0 Å². The van der Waals surface area contributed by atoms with E-state index < -0.39 is 9.85 Å². The normalized spacial score (nSPS) is 11.5. The molecule has 0 aliphatic rings. The highest BCUT2D eigenvalue weighted by atomic mass is 16.6. The largest absolute Gasteiger partial charge is 0.269 e. The van der Waals surface area contributed by atoms with E-state index in [1.165, 1.54) is 24.3 Å². The highest BCUT2D eigenvalue weighted by Crippen LogP contribution is 2.40. The summed E-state index contributed by atoms with van der Waals surface area (Å²) < 4.78 is 0. The van der Waals surface area contributed by atoms with Crippen LogP contribution in [0.4, 0.5) is 11.4 Å². The molecule has 0 aromatic heterocycles. The van der Waals surface area contributed by atoms with E-state index in [-0.39, 0.29) is 11.4 Å². The van der Waals surface area contributed by atoms with E-state index in [1.54, 1.807) is 24.3 Å². The molecule has 0 bridgehead atoms. The van der Waals surface area contributed by atoms with Gasteiger partial charge in [-0.15, -0.1) is 0 Å². The summed E-state index contributed by atoms with van der Waals surface area (Å²) in [4.78, 5) is 21.4. The number of nitro groups is 2. The molecule has 6 heteroatoms. The fraction of sp³-hybridized carbons (Fsp3) is 0. The van der Waals surface area contributed by atoms with Crippen molar-refractivity contribution in [2.24, 2.45) is 0 Å². The molecule has 202 valence electrons. The van der Waals surface area contributed by atoms with Crippen molar-refractivity contribution in [3.8, 4) is 11.1 Å². The maximum atomic E-state index is 11.1. The highest BCUT2D eigenvalue weighted by Gasteiger charge is 2.15. The number of fused-ring (bicyclic) bond motifs is 2. The molecule has 0 spiro atoms. The average molecular weight is 549 g/mol. The minimum absolute atomic E-state index is 0.0544. The summed E-state index contributed by atoms with van der Waals surface area (Å²) in [5, 5.41) is 26.6. The Morgan fingerprint density at radius 3 is 1.19 bits per heavy atom. The molecule has 0 saturated heterocycles. The first kappa shape index (κ1) is 26.3. The van der Waals surface area contributed by atoms with E-state index in [1.807, 2.05) is 36.4 Å². The van der Waals surface area contributed by atoms with Gasteiger partial charge in [0, 0.05) is 24.3 Å². The summed E-state index contributed by atoms with van der Waals surface area (Å²) in [5.41, 5.74) is 5.99. The number of hydrogen-bond donors (Lipinski definition) is 0. The van der Waals surface area contributed by atoms with Gasteiger partial charge in [-0.1, -0.05) is 97.1 Å². The van der Waals surface area contributed by atoms with Crippen LogP contribution in [-0.2, 0) is 0 Å². The Hall–Kier alpha value is -5.88. The molecule has 6 aromatic rings. The minimum Gasteiger partial charge on any atom is -0.258 e. The van der Waals surface area contributed by atoms with E-state index in [0.29, 0.717) is 0 Å². The van der Waals surface area contributed by atoms with Gasteiger partial charge in [0.05, 0.1) is 9.85 Å². The van der Waals surface area contributed by atoms with Gasteiger partial charge in [-0.05, 0) is 79.2 Å². The first-order valence-electron chi connectivity index (χ1n) is 13.4. The zero-order valence-electron chi connectivity index (χ0n) is 22.4. The number of rotatable bonds is 7. The number of hydrogen-bond acceptors (Lipinski definition) is 4. The lowest BCUT2D eigenvalue weighted by atomic mass is 9.86. The molecular weight excluding hydrogens is 524 g/mol. The van der Waals surface area contributed by atoms with E-state index in [0.717, 1.165) is 54.9 Å². The summed E-state index contributed by atoms with van der Waals surface area (Å²) in [6.07, 6.45) is 8.03. The Kier molecular flexibility index (Phi) is 7.10. The number of nitro benzene ring substituents is 2. The third-order valence-electron chi connectivity index (χ3n) is 7.29. The molecule has 6 nitrogen and oxygen atoms in total. The standard InChI is InChI=1S/C36H24N2O4/c39-37(40)31-21-11-25(12-22-31)9-15-29-19-17-27-5-1-3-7-33(27)35(29)36-30(20-18-28-6-2-4-8-34(28)36)16-10-26-13-23-32(24-14-26)38(41)42/h1-24H/b15-9-,16-10-. The van der Waals surface area contributed by atoms with E-state index in [9.17, 15) is 20.2 Å². The van der Waals surface area contributed by atoms with Crippen molar-refractivity contribution in [1.82, 2.24) is 0 Å². The Balaban J connectivity index is 1.54. The molecule has 6 aromatic carbocycles. The van der Waals surface area contributed by atoms with Crippen LogP contribution >= 0.6 is 0 Å². The van der Waals surface area contributed by atoms with Gasteiger partial charge in [0.1, 0.15) is 0 Å². The Labute approximate surface area is 241 Å². The molecule has 0 unspecified atom stereocenters. The van der Waals surface area contributed by atoms with Crippen LogP contribution in [-0.4, -0.2) is 9.85 Å². The second-order valence-electron chi connectivity index (χ2n) is 9.87. The van der Waals surface area contributed by atoms with E-state index >= 15 is 0 Å². The van der Waals surface area contributed by atoms with Crippen molar-refractivity contribution in [3.05, 3.63) is 164 Å². The van der Waals surface area contributed by atoms with Crippen molar-refractivity contribution < 1.29 is 9.85 Å². The lowest BCUT2D eigenvalue weighted by molar-refractivity contribution is -0.385. The molecule has 0 atom stereocenters. The van der Waals surface area contributed by atoms with Crippen molar-refractivity contribution in [1.29, 1.82) is 0 Å². The summed E-state index contributed by atoms with van der Waals surface area (Å²) in [6, 6.07) is 38.0. The number of nitrogens with zero attached hydrogens (tertiary/aromatic N) is 2. The zero-order valence-corrected chi connectivity index (χ0v) is 22.4. The molecular formula is C36H24N2O4.